The Morgan fingerprint density at radius 2 is 2.23 bits per heavy atom. The highest BCUT2D eigenvalue weighted by molar-refractivity contribution is 9.10. The molecular formula is C16H17BrClNO3. The summed E-state index contributed by atoms with van der Waals surface area (Å²) < 4.78 is 6.40. The van der Waals surface area contributed by atoms with Crippen molar-refractivity contribution in [1.29, 1.82) is 0 Å². The summed E-state index contributed by atoms with van der Waals surface area (Å²) in [6, 6.07) is 3.57. The van der Waals surface area contributed by atoms with Gasteiger partial charge in [-0.05, 0) is 31.5 Å². The summed E-state index contributed by atoms with van der Waals surface area (Å²) in [7, 11) is 0. The molecule has 2 aliphatic heterocycles. The van der Waals surface area contributed by atoms with Crippen molar-refractivity contribution >= 4 is 39.0 Å². The molecule has 118 valence electrons. The summed E-state index contributed by atoms with van der Waals surface area (Å²) >= 11 is 9.71. The summed E-state index contributed by atoms with van der Waals surface area (Å²) in [4.78, 5) is 12.5. The average molecular weight is 387 g/mol. The first-order valence-electron chi connectivity index (χ1n) is 7.18. The lowest BCUT2D eigenvalue weighted by atomic mass is 9.85. The van der Waals surface area contributed by atoms with E-state index < -0.39 is 5.54 Å². The van der Waals surface area contributed by atoms with Crippen molar-refractivity contribution in [2.75, 3.05) is 6.61 Å². The van der Waals surface area contributed by atoms with Crippen LogP contribution in [0, 0.1) is 6.92 Å². The molecule has 0 aromatic heterocycles. The lowest BCUT2D eigenvalue weighted by Gasteiger charge is -2.36. The van der Waals surface area contributed by atoms with Crippen molar-refractivity contribution in [2.24, 2.45) is 0 Å². The van der Waals surface area contributed by atoms with Gasteiger partial charge in [-0.3, -0.25) is 4.79 Å². The van der Waals surface area contributed by atoms with Gasteiger partial charge in [-0.1, -0.05) is 27.5 Å². The number of aliphatic hydroxyl groups is 1. The zero-order valence-corrected chi connectivity index (χ0v) is 14.7. The van der Waals surface area contributed by atoms with Gasteiger partial charge in [0.05, 0.1) is 11.7 Å². The highest BCUT2D eigenvalue weighted by Gasteiger charge is 2.48. The number of carbonyl (C=O) groups is 1. The highest BCUT2D eigenvalue weighted by atomic mass is 79.9. The van der Waals surface area contributed by atoms with E-state index in [1.165, 1.54) is 0 Å². The van der Waals surface area contributed by atoms with Crippen LogP contribution in [0.25, 0.3) is 5.57 Å². The lowest BCUT2D eigenvalue weighted by Crippen LogP contribution is -2.50. The Kier molecular flexibility index (Phi) is 4.00. The van der Waals surface area contributed by atoms with Crippen LogP contribution in [0.3, 0.4) is 0 Å². The molecule has 0 aliphatic carbocycles. The second kappa shape index (κ2) is 5.55. The number of amides is 1. The van der Waals surface area contributed by atoms with Gasteiger partial charge in [-0.15, -0.1) is 0 Å². The van der Waals surface area contributed by atoms with Crippen LogP contribution in [0.2, 0.25) is 5.02 Å². The highest BCUT2D eigenvalue weighted by Crippen LogP contribution is 2.42. The fourth-order valence-electron chi connectivity index (χ4n) is 3.20. The first-order chi connectivity index (χ1) is 10.3. The van der Waals surface area contributed by atoms with E-state index in [0.717, 1.165) is 10.0 Å². The Morgan fingerprint density at radius 3 is 2.91 bits per heavy atom. The minimum Gasteiger partial charge on any atom is -0.509 e. The molecule has 3 rings (SSSR count). The Labute approximate surface area is 142 Å². The van der Waals surface area contributed by atoms with E-state index in [4.69, 9.17) is 16.3 Å². The summed E-state index contributed by atoms with van der Waals surface area (Å²) in [5.41, 5.74) is 1.06. The third kappa shape index (κ3) is 2.45. The number of aryl methyl sites for hydroxylation is 1. The standard InChI is InChI=1S/C16H17BrClNO3/c1-8-5-10(12(18)6-11(8)17)13-14(20)16(19-15(13)21)3-4-22-9(2)7-16/h5-6,9,20H,3-4,7H2,1-2H3,(H,19,21). The van der Waals surface area contributed by atoms with Gasteiger partial charge in [-0.2, -0.15) is 0 Å². The molecule has 2 heterocycles. The summed E-state index contributed by atoms with van der Waals surface area (Å²) in [5, 5.41) is 14.1. The third-order valence-corrected chi connectivity index (χ3v) is 5.52. The maximum atomic E-state index is 12.5. The van der Waals surface area contributed by atoms with Gasteiger partial charge in [0.2, 0.25) is 0 Å². The molecule has 0 saturated carbocycles. The molecule has 2 atom stereocenters. The first-order valence-corrected chi connectivity index (χ1v) is 8.35. The topological polar surface area (TPSA) is 58.6 Å². The second-order valence-electron chi connectivity index (χ2n) is 5.98. The second-order valence-corrected chi connectivity index (χ2v) is 7.24. The molecule has 2 unspecified atom stereocenters. The van der Waals surface area contributed by atoms with E-state index in [9.17, 15) is 9.90 Å². The van der Waals surface area contributed by atoms with E-state index in [-0.39, 0.29) is 23.3 Å². The molecule has 0 bridgehead atoms. The predicted octanol–water partition coefficient (Wildman–Crippen LogP) is 3.75. The van der Waals surface area contributed by atoms with Crippen molar-refractivity contribution in [3.63, 3.8) is 0 Å². The van der Waals surface area contributed by atoms with Gasteiger partial charge < -0.3 is 15.2 Å². The summed E-state index contributed by atoms with van der Waals surface area (Å²) in [6.07, 6.45) is 1.10. The zero-order valence-electron chi connectivity index (χ0n) is 12.4. The average Bonchev–Trinajstić information content (AvgIpc) is 2.65. The molecule has 1 fully saturated rings. The van der Waals surface area contributed by atoms with Gasteiger partial charge in [0.25, 0.3) is 5.91 Å². The molecule has 1 aromatic carbocycles. The van der Waals surface area contributed by atoms with E-state index in [2.05, 4.69) is 21.2 Å². The van der Waals surface area contributed by atoms with Crippen LogP contribution in [0.5, 0.6) is 0 Å². The minimum absolute atomic E-state index is 0.0160. The molecule has 1 amide bonds. The number of rotatable bonds is 1. The van der Waals surface area contributed by atoms with E-state index in [1.807, 2.05) is 19.9 Å². The van der Waals surface area contributed by atoms with Crippen LogP contribution in [0.1, 0.15) is 30.9 Å². The summed E-state index contributed by atoms with van der Waals surface area (Å²) in [5.74, 6) is -0.202. The number of aliphatic hydroxyl groups excluding tert-OH is 1. The summed E-state index contributed by atoms with van der Waals surface area (Å²) in [6.45, 7) is 4.36. The van der Waals surface area contributed by atoms with Crippen molar-refractivity contribution in [3.05, 3.63) is 38.5 Å². The molecule has 1 aromatic rings. The van der Waals surface area contributed by atoms with E-state index >= 15 is 0 Å². The van der Waals surface area contributed by atoms with Crippen LogP contribution in [-0.2, 0) is 9.53 Å². The SMILES string of the molecule is Cc1cc(C2=C(O)C3(CCOC(C)C3)NC2=O)c(Cl)cc1Br. The number of hydrogen-bond acceptors (Lipinski definition) is 3. The van der Waals surface area contributed by atoms with Crippen molar-refractivity contribution < 1.29 is 14.6 Å². The maximum absolute atomic E-state index is 12.5. The smallest absolute Gasteiger partial charge is 0.256 e. The molecule has 6 heteroatoms. The van der Waals surface area contributed by atoms with Crippen LogP contribution < -0.4 is 5.32 Å². The number of halogens is 2. The van der Waals surface area contributed by atoms with Gasteiger partial charge in [-0.25, -0.2) is 0 Å². The van der Waals surface area contributed by atoms with E-state index in [1.54, 1.807) is 6.07 Å². The Morgan fingerprint density at radius 1 is 1.50 bits per heavy atom. The molecular weight excluding hydrogens is 370 g/mol. The van der Waals surface area contributed by atoms with Crippen molar-refractivity contribution in [2.45, 2.75) is 38.3 Å². The zero-order chi connectivity index (χ0) is 16.1. The molecule has 22 heavy (non-hydrogen) atoms. The lowest BCUT2D eigenvalue weighted by molar-refractivity contribution is -0.117. The molecule has 0 radical (unpaired) electrons. The van der Waals surface area contributed by atoms with Gasteiger partial charge >= 0.3 is 0 Å². The predicted molar refractivity (Wildman–Crippen MR) is 89.0 cm³/mol. The number of carbonyl (C=O) groups excluding carboxylic acids is 1. The van der Waals surface area contributed by atoms with Crippen LogP contribution in [0.4, 0.5) is 0 Å². The Bertz CT molecular complexity index is 688. The number of ether oxygens (including phenoxy) is 1. The third-order valence-electron chi connectivity index (χ3n) is 4.35. The number of benzene rings is 1. The quantitative estimate of drug-likeness (QED) is 0.773. The van der Waals surface area contributed by atoms with Gasteiger partial charge in [0.1, 0.15) is 11.3 Å². The minimum atomic E-state index is -0.728. The van der Waals surface area contributed by atoms with Crippen molar-refractivity contribution in [1.82, 2.24) is 5.32 Å². The molecule has 4 nitrogen and oxygen atoms in total. The Hall–Kier alpha value is -1.04. The normalized spacial score (nSPS) is 28.4. The van der Waals surface area contributed by atoms with Crippen molar-refractivity contribution in [3.8, 4) is 0 Å². The Balaban J connectivity index is 2.11. The molecule has 2 aliphatic rings. The number of hydrogen-bond donors (Lipinski definition) is 2. The van der Waals surface area contributed by atoms with Gasteiger partial charge in [0.15, 0.2) is 0 Å². The monoisotopic (exact) mass is 385 g/mol. The fourth-order valence-corrected chi connectivity index (χ4v) is 3.93. The fraction of sp³-hybridized carbons (Fsp3) is 0.438. The molecule has 1 spiro atoms. The largest absolute Gasteiger partial charge is 0.509 e. The van der Waals surface area contributed by atoms with Crippen LogP contribution >= 0.6 is 27.5 Å². The number of nitrogens with one attached hydrogen (secondary N) is 1. The maximum Gasteiger partial charge on any atom is 0.256 e. The molecule has 2 N–H and O–H groups in total. The van der Waals surface area contributed by atoms with Crippen LogP contribution in [0.15, 0.2) is 22.4 Å². The first kappa shape index (κ1) is 15.8. The van der Waals surface area contributed by atoms with E-state index in [0.29, 0.717) is 30.0 Å². The van der Waals surface area contributed by atoms with Gasteiger partial charge in [0, 0.05) is 34.5 Å². The molecule has 1 saturated heterocycles. The van der Waals surface area contributed by atoms with Crippen LogP contribution in [-0.4, -0.2) is 29.3 Å².